The van der Waals surface area contributed by atoms with Gasteiger partial charge in [-0.05, 0) is 45.8 Å². The van der Waals surface area contributed by atoms with Gasteiger partial charge in [-0.25, -0.2) is 4.79 Å². The fraction of sp³-hybridized carbons (Fsp3) is 0.118. The van der Waals surface area contributed by atoms with E-state index in [1.165, 1.54) is 0 Å². The number of benzene rings is 2. The molecule has 30 heavy (non-hydrogen) atoms. The Morgan fingerprint density at radius 1 is 1.17 bits per heavy atom. The fourth-order valence-corrected chi connectivity index (χ4v) is 2.99. The molecule has 0 spiro atoms. The lowest BCUT2D eigenvalue weighted by molar-refractivity contribution is -0.192. The van der Waals surface area contributed by atoms with Gasteiger partial charge in [0, 0.05) is 20.0 Å². The number of amides is 1. The number of alkyl halides is 3. The number of carbonyl (C=O) groups is 2. The molecule has 0 bridgehead atoms. The predicted molar refractivity (Wildman–Crippen MR) is 110 cm³/mol. The zero-order chi connectivity index (χ0) is 22.6. The summed E-state index contributed by atoms with van der Waals surface area (Å²) in [6, 6.07) is 10.3. The van der Waals surface area contributed by atoms with Gasteiger partial charge in [-0.3, -0.25) is 9.89 Å². The minimum Gasteiger partial charge on any atom is -0.475 e. The number of carbonyl (C=O) groups excluding carboxylic acids is 1. The maximum Gasteiger partial charge on any atom is 0.490 e. The first-order chi connectivity index (χ1) is 13.9. The molecule has 0 aliphatic carbocycles. The van der Waals surface area contributed by atoms with Crippen LogP contribution in [0.4, 0.5) is 24.7 Å². The molecule has 3 aromatic rings. The maximum atomic E-state index is 12.2. The lowest BCUT2D eigenvalue weighted by Gasteiger charge is -2.12. The number of hydrogen-bond acceptors (Lipinski definition) is 5. The quantitative estimate of drug-likeness (QED) is 0.332. The summed E-state index contributed by atoms with van der Waals surface area (Å²) in [6.45, 7) is 0. The van der Waals surface area contributed by atoms with Crippen molar-refractivity contribution in [2.24, 2.45) is 0 Å². The highest BCUT2D eigenvalue weighted by atomic mass is 79.9. The van der Waals surface area contributed by atoms with Crippen LogP contribution in [-0.4, -0.2) is 38.5 Å². The van der Waals surface area contributed by atoms with Crippen molar-refractivity contribution in [1.82, 2.24) is 10.2 Å². The number of rotatable bonds is 3. The zero-order valence-corrected chi connectivity index (χ0v) is 17.8. The van der Waals surface area contributed by atoms with E-state index in [9.17, 15) is 23.1 Å². The second kappa shape index (κ2) is 9.45. The highest BCUT2D eigenvalue weighted by Gasteiger charge is 2.38. The van der Waals surface area contributed by atoms with Crippen LogP contribution < -0.4 is 11.1 Å². The van der Waals surface area contributed by atoms with E-state index in [1.54, 1.807) is 36.4 Å². The molecular formula is C17H13Br2F3N4O4. The summed E-state index contributed by atoms with van der Waals surface area (Å²) in [5.41, 5.74) is 7.55. The smallest absolute Gasteiger partial charge is 0.475 e. The number of aliphatic carboxylic acids is 1. The van der Waals surface area contributed by atoms with E-state index in [1.807, 2.05) is 0 Å². The second-order valence-electron chi connectivity index (χ2n) is 5.74. The first-order valence-electron chi connectivity index (χ1n) is 7.87. The van der Waals surface area contributed by atoms with Gasteiger partial charge in [-0.2, -0.15) is 18.3 Å². The summed E-state index contributed by atoms with van der Waals surface area (Å²) in [5, 5.41) is 27.4. The van der Waals surface area contributed by atoms with Gasteiger partial charge in [0.05, 0.1) is 5.52 Å². The Morgan fingerprint density at radius 2 is 1.73 bits per heavy atom. The van der Waals surface area contributed by atoms with E-state index in [2.05, 4.69) is 47.4 Å². The number of carboxylic acid groups (broad SMARTS) is 1. The van der Waals surface area contributed by atoms with Crippen LogP contribution in [0.5, 0.6) is 0 Å². The molecular weight excluding hydrogens is 541 g/mol. The molecule has 0 saturated heterocycles. The molecule has 160 valence electrons. The number of anilines is 2. The first kappa shape index (κ1) is 23.6. The SMILES string of the molecule is Nc1n[nH]c2c(Br)cc(NC(=O)C(O)c3ccc(Br)cc3)cc12.O=C(O)C(F)(F)F. The molecule has 13 heteroatoms. The third kappa shape index (κ3) is 5.93. The minimum atomic E-state index is -5.08. The van der Waals surface area contributed by atoms with Gasteiger partial charge < -0.3 is 21.3 Å². The molecule has 3 rings (SSSR count). The number of nitrogens with one attached hydrogen (secondary N) is 2. The second-order valence-corrected chi connectivity index (χ2v) is 7.51. The Kier molecular flexibility index (Phi) is 7.44. The Bertz CT molecular complexity index is 1070. The van der Waals surface area contributed by atoms with Crippen molar-refractivity contribution in [2.45, 2.75) is 12.3 Å². The van der Waals surface area contributed by atoms with E-state index in [0.717, 1.165) is 9.99 Å². The average Bonchev–Trinajstić information content (AvgIpc) is 3.03. The fourth-order valence-electron chi connectivity index (χ4n) is 2.18. The lowest BCUT2D eigenvalue weighted by atomic mass is 10.1. The van der Waals surface area contributed by atoms with Crippen LogP contribution in [0.2, 0.25) is 0 Å². The number of aromatic nitrogens is 2. The molecule has 2 aromatic carbocycles. The van der Waals surface area contributed by atoms with Crippen LogP contribution in [-0.2, 0) is 9.59 Å². The number of aliphatic hydroxyl groups is 1. The topological polar surface area (TPSA) is 141 Å². The number of hydrogen-bond donors (Lipinski definition) is 5. The van der Waals surface area contributed by atoms with E-state index in [4.69, 9.17) is 15.6 Å². The number of carboxylic acids is 1. The van der Waals surface area contributed by atoms with Crippen LogP contribution in [0.1, 0.15) is 11.7 Å². The van der Waals surface area contributed by atoms with Gasteiger partial charge in [-0.15, -0.1) is 0 Å². The summed E-state index contributed by atoms with van der Waals surface area (Å²) >= 11 is 6.71. The molecule has 1 amide bonds. The molecule has 0 aliphatic rings. The third-order valence-corrected chi connectivity index (χ3v) is 4.75. The highest BCUT2D eigenvalue weighted by molar-refractivity contribution is 9.11. The Morgan fingerprint density at radius 3 is 2.27 bits per heavy atom. The van der Waals surface area contributed by atoms with Crippen molar-refractivity contribution in [3.8, 4) is 0 Å². The predicted octanol–water partition coefficient (Wildman–Crippen LogP) is 3.98. The highest BCUT2D eigenvalue weighted by Crippen LogP contribution is 2.30. The van der Waals surface area contributed by atoms with Gasteiger partial charge in [0.25, 0.3) is 5.91 Å². The van der Waals surface area contributed by atoms with E-state index in [-0.39, 0.29) is 0 Å². The molecule has 0 fully saturated rings. The van der Waals surface area contributed by atoms with Crippen molar-refractivity contribution in [3.05, 3.63) is 50.9 Å². The number of nitrogens with two attached hydrogens (primary N) is 1. The van der Waals surface area contributed by atoms with Crippen molar-refractivity contribution in [2.75, 3.05) is 11.1 Å². The van der Waals surface area contributed by atoms with E-state index < -0.39 is 24.2 Å². The molecule has 1 aromatic heterocycles. The average molecular weight is 554 g/mol. The number of halogens is 5. The van der Waals surface area contributed by atoms with Crippen molar-refractivity contribution < 1.29 is 33.0 Å². The minimum absolute atomic E-state index is 0.338. The van der Waals surface area contributed by atoms with Gasteiger partial charge in [0.1, 0.15) is 0 Å². The molecule has 1 heterocycles. The van der Waals surface area contributed by atoms with Gasteiger partial charge >= 0.3 is 12.1 Å². The molecule has 0 radical (unpaired) electrons. The number of fused-ring (bicyclic) bond motifs is 1. The molecule has 1 atom stereocenters. The van der Waals surface area contributed by atoms with Gasteiger partial charge in [0.15, 0.2) is 11.9 Å². The van der Waals surface area contributed by atoms with Crippen LogP contribution in [0.25, 0.3) is 10.9 Å². The third-order valence-electron chi connectivity index (χ3n) is 3.60. The largest absolute Gasteiger partial charge is 0.490 e. The maximum absolute atomic E-state index is 12.2. The number of nitrogens with zero attached hydrogens (tertiary/aromatic N) is 1. The Hall–Kier alpha value is -2.64. The van der Waals surface area contributed by atoms with Crippen LogP contribution >= 0.6 is 31.9 Å². The molecule has 1 unspecified atom stereocenters. The van der Waals surface area contributed by atoms with Crippen LogP contribution in [0, 0.1) is 0 Å². The zero-order valence-electron chi connectivity index (χ0n) is 14.7. The molecule has 0 aliphatic heterocycles. The van der Waals surface area contributed by atoms with Crippen molar-refractivity contribution in [1.29, 1.82) is 0 Å². The summed E-state index contributed by atoms with van der Waals surface area (Å²) in [4.78, 5) is 21.1. The number of H-pyrrole nitrogens is 1. The first-order valence-corrected chi connectivity index (χ1v) is 9.46. The van der Waals surface area contributed by atoms with Crippen molar-refractivity contribution >= 4 is 66.1 Å². The molecule has 8 nitrogen and oxygen atoms in total. The molecule has 0 saturated carbocycles. The monoisotopic (exact) mass is 552 g/mol. The molecule has 6 N–H and O–H groups in total. The summed E-state index contributed by atoms with van der Waals surface area (Å²) in [7, 11) is 0. The standard InChI is InChI=1S/C15H12Br2N4O2.C2HF3O2/c16-8-3-1-7(2-4-8)13(22)15(23)19-9-5-10-12(11(17)6-9)20-21-14(10)18;3-2(4,5)1(6)7/h1-6,13,22H,(H,19,23)(H3,18,20,21);(H,6,7). The van der Waals surface area contributed by atoms with E-state index in [0.29, 0.717) is 26.9 Å². The van der Waals surface area contributed by atoms with Crippen LogP contribution in [0.15, 0.2) is 45.3 Å². The van der Waals surface area contributed by atoms with Crippen LogP contribution in [0.3, 0.4) is 0 Å². The van der Waals surface area contributed by atoms with Gasteiger partial charge in [-0.1, -0.05) is 28.1 Å². The summed E-state index contributed by atoms with van der Waals surface area (Å²) in [5.74, 6) is -2.95. The normalized spacial score (nSPS) is 12.1. The number of aromatic amines is 1. The van der Waals surface area contributed by atoms with Crippen molar-refractivity contribution in [3.63, 3.8) is 0 Å². The Labute approximate surface area is 183 Å². The Balaban J connectivity index is 0.000000396. The number of aliphatic hydroxyl groups excluding tert-OH is 1. The van der Waals surface area contributed by atoms with E-state index >= 15 is 0 Å². The lowest BCUT2D eigenvalue weighted by Crippen LogP contribution is -2.21. The van der Waals surface area contributed by atoms with Gasteiger partial charge in [0.2, 0.25) is 0 Å². The summed E-state index contributed by atoms with van der Waals surface area (Å²) in [6.07, 6.45) is -6.35. The summed E-state index contributed by atoms with van der Waals surface area (Å²) < 4.78 is 33.3. The number of nitrogen functional groups attached to an aromatic ring is 1.